The average Bonchev–Trinajstić information content (AvgIpc) is 1.50. The molecular formula is C63H88Cl3N7O37S6SeTe5. The number of nitrogens with one attached hydrogen (secondary N) is 7. The number of hydrogen-bond acceptors (Lipinski definition) is 37. The maximum absolute atomic E-state index is 12.3. The van der Waals surface area contributed by atoms with Crippen LogP contribution in [0, 0.1) is 35.5 Å². The maximum atomic E-state index is 12.3. The zero-order valence-electron chi connectivity index (χ0n) is 66.4. The Bertz CT molecular complexity index is 6050. The molecule has 14 aliphatic heterocycles. The molecule has 11 saturated heterocycles. The molecule has 44 nitrogen and oxygen atoms in total. The van der Waals surface area contributed by atoms with Crippen LogP contribution in [0.5, 0.6) is 0 Å². The molecule has 9 N–H and O–H groups in total. The van der Waals surface area contributed by atoms with Crippen molar-refractivity contribution in [3.8, 4) is 0 Å². The number of amides is 7. The van der Waals surface area contributed by atoms with E-state index in [1.807, 2.05) is 0 Å². The molecule has 0 spiro atoms. The van der Waals surface area contributed by atoms with Gasteiger partial charge in [-0.1, -0.05) is 6.92 Å². The van der Waals surface area contributed by atoms with Crippen molar-refractivity contribution in [1.82, 2.24) is 37.2 Å². The Morgan fingerprint density at radius 1 is 0.434 bits per heavy atom. The first-order valence-corrected chi connectivity index (χ1v) is 72.7. The van der Waals surface area contributed by atoms with E-state index < -0.39 is 350 Å². The Labute approximate surface area is 734 Å². The van der Waals surface area contributed by atoms with E-state index in [0.717, 1.165) is 13.7 Å². The van der Waals surface area contributed by atoms with Crippen LogP contribution in [0.15, 0.2) is 30.4 Å². The average molecular weight is 2550 g/mol. The van der Waals surface area contributed by atoms with Crippen molar-refractivity contribution in [3.05, 3.63) is 30.4 Å². The second-order valence-electron chi connectivity index (χ2n) is 30.8. The van der Waals surface area contributed by atoms with Gasteiger partial charge in [0.2, 0.25) is 9.84 Å². The van der Waals surface area contributed by atoms with Gasteiger partial charge in [-0.05, 0) is 12.0 Å². The minimum absolute atomic E-state index is 0.0176. The molecule has 14 aliphatic rings. The molecule has 14 heterocycles. The number of hydrogen-bond donors (Lipinski definition) is 9. The Balaban J connectivity index is 0.000000177. The van der Waals surface area contributed by atoms with Gasteiger partial charge < -0.3 is 5.32 Å². The number of rotatable bonds is 20. The van der Waals surface area contributed by atoms with E-state index in [1.165, 1.54) is 62.3 Å². The summed E-state index contributed by atoms with van der Waals surface area (Å²) in [6, 6.07) is -6.60. The summed E-state index contributed by atoms with van der Waals surface area (Å²) in [6.45, 7) is 18.9. The SMILES string of the molecule is CC(C)[C@H](O)[C@]12C(=O)N[C@H]1C(C)C(=O)[Se]2(=O)=O.CC(C)[C@H](O)[C@]12C(=O)N[C@H]1C(C)C(=O)[Te]2(=O)=O.CCS(=O)(=O)[C@]12C(=O)N[C@H]1C(C)=C[Te]2(=O)=O.CCS(=O)(=O)[C@]12C(=O)N[C@H]1C(C)C(=O)[Te]2(=O)=O.CCS(=O)(=O)[C@]12C(=O)N[C@H]1C(CCCl)=CS2(=O)=O.CCS(=O)(=O)[C@]12C(=O)N[C@H]1C(CCCl)=C[Te]2(=O)=O.CCS(=O)(=O)[C@]12C(=O)N[C@H]1C(CCCl)C(=O)[Te]2(=O)=O. The van der Waals surface area contributed by atoms with Gasteiger partial charge in [0, 0.05) is 17.0 Å². The van der Waals surface area contributed by atoms with Crippen LogP contribution >= 0.6 is 34.8 Å². The first-order valence-electron chi connectivity index (χ1n) is 36.7. The molecule has 4 unspecified atom stereocenters. The van der Waals surface area contributed by atoms with E-state index in [0.29, 0.717) is 16.7 Å². The third kappa shape index (κ3) is 13.2. The molecule has 14 rings (SSSR count). The summed E-state index contributed by atoms with van der Waals surface area (Å²) in [4.78, 5) is 129. The van der Waals surface area contributed by atoms with Gasteiger partial charge in [0.15, 0.2) is 9.84 Å². The standard InChI is InChI=1S/C10H15NO5Se.C10H15NO5Te.C9H12ClNO6STe.C9H12ClNO5S2.C9H12ClNO5STe.C8H11NO6STe.C8H11NO5STe/c2*1-4(2)7(12)10-6(11-9(10)14)5(3)8(13)17(10,15)16;1-2-18(14,15)9-6(11-8(9)13)5(3-4-10)7(12)19(9,16)17;2*1-2-17(13,14)9-7(11-8(9)12)6(3-4-10)5-18(9,15)16;1-3-16(12,13)8-5(9-7(8)11)4(2)6(10)17(8,14)15;1-3-15(11,12)8-6(9-7(8)10)5(2)4-16(8,13)14/h2*4-7,12H,1-3H3,(H,11,14);5-6H,2-4H2,1H3,(H,11,13);2*5,7H,2-4H2,1H3,(H,11,12);4-5H,3H2,1-2H3,(H,9,11);4,6H,3H2,1-2H3,(H,9,10)/t2*5?,6-,7-,10-;5?,6-,9+;2*7-,9+;4?,5-,8+;6-,8+/m0000000/s1. The summed E-state index contributed by atoms with van der Waals surface area (Å²) in [5.74, 6) is -12.5. The fraction of sp³-hybridized carbons (Fsp3) is 0.730. The predicted octanol–water partition coefficient (Wildman–Crippen LogP) is -6.10. The quantitative estimate of drug-likeness (QED) is 0.0311. The summed E-state index contributed by atoms with van der Waals surface area (Å²) >= 11 is -16.7. The monoisotopic (exact) mass is 2560 g/mol. The number of aliphatic hydroxyl groups excluding tert-OH is 2. The summed E-state index contributed by atoms with van der Waals surface area (Å²) in [5, 5.41) is 37.5. The molecule has 122 heavy (non-hydrogen) atoms. The third-order valence-electron chi connectivity index (χ3n) is 24.2. The molecule has 20 atom stereocenters. The van der Waals surface area contributed by atoms with Crippen LogP contribution in [0.2, 0.25) is 7.78 Å². The minimum atomic E-state index is -6.01. The van der Waals surface area contributed by atoms with Crippen molar-refractivity contribution in [2.45, 2.75) is 187 Å². The van der Waals surface area contributed by atoms with Crippen LogP contribution in [0.4, 0.5) is 0 Å². The van der Waals surface area contributed by atoms with Crippen LogP contribution in [0.1, 0.15) is 109 Å². The van der Waals surface area contributed by atoms with Crippen molar-refractivity contribution in [2.24, 2.45) is 35.5 Å². The van der Waals surface area contributed by atoms with Crippen LogP contribution in [-0.2, 0) is 150 Å². The van der Waals surface area contributed by atoms with E-state index in [4.69, 9.17) is 34.8 Å². The number of fused-ring (bicyclic) bond motifs is 7. The molecule has 11 fully saturated rings. The van der Waals surface area contributed by atoms with Crippen molar-refractivity contribution >= 4 is 255 Å². The summed E-state index contributed by atoms with van der Waals surface area (Å²) in [7, 11) is -24.6. The number of carbonyl (C=O) groups excluding carboxylic acids is 11. The molecular weight excluding hydrogens is 2460 g/mol. The summed E-state index contributed by atoms with van der Waals surface area (Å²) < 4.78 is 272. The van der Waals surface area contributed by atoms with E-state index in [1.54, 1.807) is 27.7 Å². The van der Waals surface area contributed by atoms with Crippen LogP contribution in [0.3, 0.4) is 0 Å². The molecule has 0 bridgehead atoms. The summed E-state index contributed by atoms with van der Waals surface area (Å²) in [6.07, 6.45) is -2.13. The fourth-order valence-electron chi connectivity index (χ4n) is 17.5. The van der Waals surface area contributed by atoms with Crippen molar-refractivity contribution < 1.29 is 152 Å². The molecule has 0 radical (unpaired) electrons. The molecule has 0 aromatic carbocycles. The second kappa shape index (κ2) is 33.5. The number of carbonyl (C=O) groups is 11. The van der Waals surface area contributed by atoms with E-state index >= 15 is 0 Å². The molecule has 0 saturated carbocycles. The molecule has 690 valence electrons. The van der Waals surface area contributed by atoms with Gasteiger partial charge in [0.25, 0.3) is 9.99 Å². The van der Waals surface area contributed by atoms with Crippen molar-refractivity contribution in [3.63, 3.8) is 0 Å². The van der Waals surface area contributed by atoms with E-state index in [2.05, 4.69) is 37.2 Å². The van der Waals surface area contributed by atoms with Gasteiger partial charge in [-0.25, -0.2) is 16.8 Å². The number of aliphatic hydroxyl groups is 2. The van der Waals surface area contributed by atoms with Crippen LogP contribution in [-0.4, -0.2) is 338 Å². The Morgan fingerprint density at radius 3 is 1.18 bits per heavy atom. The normalized spacial score (nSPS) is 37.1. The van der Waals surface area contributed by atoms with Gasteiger partial charge in [-0.2, -0.15) is 0 Å². The number of alkyl halides is 3. The second-order valence-corrected chi connectivity index (χ2v) is 83.0. The Hall–Kier alpha value is -3.25. The van der Waals surface area contributed by atoms with Crippen molar-refractivity contribution in [2.75, 3.05) is 46.4 Å². The first kappa shape index (κ1) is 104. The van der Waals surface area contributed by atoms with Crippen LogP contribution < -0.4 is 37.2 Å². The topological polar surface area (TPSA) is 722 Å². The van der Waals surface area contributed by atoms with Gasteiger partial charge in [0.05, 0.1) is 6.04 Å². The van der Waals surface area contributed by atoms with E-state index in [-0.39, 0.29) is 48.4 Å². The van der Waals surface area contributed by atoms with E-state index in [9.17, 15) is 152 Å². The fourth-order valence-corrected chi connectivity index (χ4v) is 79.7. The molecule has 59 heteroatoms. The van der Waals surface area contributed by atoms with Crippen LogP contribution in [0.25, 0.3) is 0 Å². The molecule has 7 amide bonds. The summed E-state index contributed by atoms with van der Waals surface area (Å²) in [5.41, 5.74) is 1.15. The van der Waals surface area contributed by atoms with Gasteiger partial charge >= 0.3 is 633 Å². The number of β-lactam (4-membered cyclic amide) rings is 7. The van der Waals surface area contributed by atoms with Gasteiger partial charge in [-0.15, -0.1) is 11.6 Å². The zero-order chi connectivity index (χ0) is 94.1. The predicted molar refractivity (Wildman–Crippen MR) is 420 cm³/mol. The zero-order valence-corrected chi connectivity index (χ0v) is 86.9. The van der Waals surface area contributed by atoms with Gasteiger partial charge in [-0.3, -0.25) is 4.79 Å². The molecule has 0 aromatic rings. The third-order valence-corrected chi connectivity index (χ3v) is 88.6. The Kier molecular flexibility index (Phi) is 28.6. The Morgan fingerprint density at radius 2 is 0.803 bits per heavy atom. The number of sulfone groups is 6. The number of halogens is 3. The van der Waals surface area contributed by atoms with Crippen molar-refractivity contribution in [1.29, 1.82) is 0 Å². The van der Waals surface area contributed by atoms with Gasteiger partial charge in [0.1, 0.15) is 0 Å². The molecule has 0 aliphatic carbocycles. The first-order chi connectivity index (χ1) is 55.4. The molecule has 0 aromatic heterocycles.